The zero-order valence-electron chi connectivity index (χ0n) is 26.2. The predicted octanol–water partition coefficient (Wildman–Crippen LogP) is 8.09. The first-order chi connectivity index (χ1) is 23.2. The van der Waals surface area contributed by atoms with Gasteiger partial charge in [-0.05, 0) is 79.1 Å². The van der Waals surface area contributed by atoms with Gasteiger partial charge in [0, 0.05) is 27.9 Å². The Bertz CT molecular complexity index is 2000. The lowest BCUT2D eigenvalue weighted by molar-refractivity contribution is -0.385. The van der Waals surface area contributed by atoms with Crippen LogP contribution in [0.15, 0.2) is 138 Å². The highest BCUT2D eigenvalue weighted by atomic mass is 32.2. The second-order valence-electron chi connectivity index (χ2n) is 10.9. The van der Waals surface area contributed by atoms with Crippen molar-refractivity contribution in [1.82, 2.24) is 5.32 Å². The van der Waals surface area contributed by atoms with E-state index in [4.69, 9.17) is 0 Å². The number of anilines is 2. The van der Waals surface area contributed by atoms with Gasteiger partial charge in [-0.15, -0.1) is 11.8 Å². The molecule has 0 radical (unpaired) electrons. The third-order valence-corrected chi connectivity index (χ3v) is 8.55. The standard InChI is InChI=1S/C38H32N4O5S/c1-25-20-21-26(2)32(22-25)40-38(45)35(27-12-5-3-6-13-27)48-31-18-11-17-30(24-31)39-37(44)33(41-36(43)28-14-7-4-8-15-28)23-29-16-9-10-19-34(29)42(46)47/h3-24,35H,1-2H3,(H,39,44)(H,40,45)(H,41,43)/b33-23+. The highest BCUT2D eigenvalue weighted by Gasteiger charge is 2.24. The number of para-hydroxylation sites is 1. The van der Waals surface area contributed by atoms with Crippen molar-refractivity contribution in [2.45, 2.75) is 24.0 Å². The normalized spacial score (nSPS) is 11.7. The van der Waals surface area contributed by atoms with Crippen molar-refractivity contribution < 1.29 is 19.3 Å². The average Bonchev–Trinajstić information content (AvgIpc) is 3.09. The van der Waals surface area contributed by atoms with E-state index in [0.717, 1.165) is 22.4 Å². The number of thioether (sulfide) groups is 1. The Balaban J connectivity index is 1.41. The Morgan fingerprint density at radius 3 is 2.19 bits per heavy atom. The largest absolute Gasteiger partial charge is 0.325 e. The number of hydrogen-bond acceptors (Lipinski definition) is 6. The van der Waals surface area contributed by atoms with Gasteiger partial charge in [0.2, 0.25) is 5.91 Å². The quantitative estimate of drug-likeness (QED) is 0.0570. The lowest BCUT2D eigenvalue weighted by Crippen LogP contribution is -2.30. The molecule has 5 aromatic rings. The van der Waals surface area contributed by atoms with Crippen molar-refractivity contribution in [3.05, 3.63) is 171 Å². The molecule has 0 bridgehead atoms. The Kier molecular flexibility index (Phi) is 10.8. The predicted molar refractivity (Wildman–Crippen MR) is 190 cm³/mol. The van der Waals surface area contributed by atoms with Crippen LogP contribution in [0.5, 0.6) is 0 Å². The van der Waals surface area contributed by atoms with Crippen LogP contribution in [0.3, 0.4) is 0 Å². The zero-order valence-corrected chi connectivity index (χ0v) is 27.0. The highest BCUT2D eigenvalue weighted by molar-refractivity contribution is 8.00. The van der Waals surface area contributed by atoms with Crippen LogP contribution in [0.4, 0.5) is 17.1 Å². The van der Waals surface area contributed by atoms with E-state index in [9.17, 15) is 24.5 Å². The SMILES string of the molecule is Cc1ccc(C)c(NC(=O)C(Sc2cccc(NC(=O)/C(=C\c3ccccc3[N+](=O)[O-])NC(=O)c3ccccc3)c2)c2ccccc2)c1. The molecule has 0 aliphatic carbocycles. The molecule has 0 aromatic heterocycles. The molecule has 0 aliphatic heterocycles. The maximum atomic E-state index is 13.7. The molecule has 5 aromatic carbocycles. The van der Waals surface area contributed by atoms with Crippen molar-refractivity contribution in [2.75, 3.05) is 10.6 Å². The first-order valence-electron chi connectivity index (χ1n) is 15.0. The number of benzene rings is 5. The van der Waals surface area contributed by atoms with Gasteiger partial charge in [-0.2, -0.15) is 0 Å². The molecular weight excluding hydrogens is 625 g/mol. The van der Waals surface area contributed by atoms with Gasteiger partial charge in [-0.25, -0.2) is 0 Å². The summed E-state index contributed by atoms with van der Waals surface area (Å²) in [4.78, 5) is 52.2. The fourth-order valence-corrected chi connectivity index (χ4v) is 5.91. The minimum Gasteiger partial charge on any atom is -0.325 e. The van der Waals surface area contributed by atoms with Gasteiger partial charge in [0.1, 0.15) is 10.9 Å². The first kappa shape index (κ1) is 33.4. The van der Waals surface area contributed by atoms with Gasteiger partial charge in [0.25, 0.3) is 17.5 Å². The summed E-state index contributed by atoms with van der Waals surface area (Å²) in [6.07, 6.45) is 1.27. The van der Waals surface area contributed by atoms with Crippen molar-refractivity contribution in [1.29, 1.82) is 0 Å². The Morgan fingerprint density at radius 1 is 0.771 bits per heavy atom. The summed E-state index contributed by atoms with van der Waals surface area (Å²) in [6.45, 7) is 3.90. The number of carbonyl (C=O) groups is 3. The second-order valence-corrected chi connectivity index (χ2v) is 12.1. The molecule has 0 spiro atoms. The van der Waals surface area contributed by atoms with Crippen LogP contribution in [0.25, 0.3) is 6.08 Å². The molecule has 5 rings (SSSR count). The molecule has 0 aliphatic rings. The Labute approximate surface area is 282 Å². The Hall–Kier alpha value is -6.00. The lowest BCUT2D eigenvalue weighted by atomic mass is 10.1. The smallest absolute Gasteiger partial charge is 0.276 e. The fraction of sp³-hybridized carbons (Fsp3) is 0.0789. The summed E-state index contributed by atoms with van der Waals surface area (Å²) >= 11 is 1.32. The second kappa shape index (κ2) is 15.5. The van der Waals surface area contributed by atoms with Crippen LogP contribution < -0.4 is 16.0 Å². The van der Waals surface area contributed by atoms with E-state index in [1.165, 1.54) is 36.0 Å². The number of nitro groups is 1. The Morgan fingerprint density at radius 2 is 1.46 bits per heavy atom. The fourth-order valence-electron chi connectivity index (χ4n) is 4.82. The van der Waals surface area contributed by atoms with Gasteiger partial charge >= 0.3 is 0 Å². The number of nitrogens with one attached hydrogen (secondary N) is 3. The van der Waals surface area contributed by atoms with E-state index in [2.05, 4.69) is 16.0 Å². The van der Waals surface area contributed by atoms with E-state index in [1.54, 1.807) is 54.6 Å². The van der Waals surface area contributed by atoms with Gasteiger partial charge in [-0.1, -0.05) is 78.9 Å². The van der Waals surface area contributed by atoms with Crippen molar-refractivity contribution in [2.24, 2.45) is 0 Å². The number of nitrogens with zero attached hydrogens (tertiary/aromatic N) is 1. The third-order valence-electron chi connectivity index (χ3n) is 7.30. The van der Waals surface area contributed by atoms with E-state index in [-0.39, 0.29) is 22.9 Å². The van der Waals surface area contributed by atoms with E-state index >= 15 is 0 Å². The summed E-state index contributed by atoms with van der Waals surface area (Å²) in [5.41, 5.74) is 3.95. The summed E-state index contributed by atoms with van der Waals surface area (Å²) in [7, 11) is 0. The minimum atomic E-state index is -0.688. The van der Waals surface area contributed by atoms with Crippen molar-refractivity contribution in [3.8, 4) is 0 Å². The van der Waals surface area contributed by atoms with Crippen molar-refractivity contribution in [3.63, 3.8) is 0 Å². The molecule has 1 atom stereocenters. The van der Waals surface area contributed by atoms with E-state index in [1.807, 2.05) is 68.4 Å². The van der Waals surface area contributed by atoms with E-state index < -0.39 is 22.0 Å². The molecule has 240 valence electrons. The van der Waals surface area contributed by atoms with Gasteiger partial charge in [-0.3, -0.25) is 24.5 Å². The van der Waals surface area contributed by atoms with Crippen LogP contribution in [0, 0.1) is 24.0 Å². The number of rotatable bonds is 11. The molecule has 3 amide bonds. The van der Waals surface area contributed by atoms with Crippen LogP contribution in [-0.4, -0.2) is 22.6 Å². The molecule has 0 heterocycles. The molecule has 48 heavy (non-hydrogen) atoms. The number of amides is 3. The molecule has 1 unspecified atom stereocenters. The monoisotopic (exact) mass is 656 g/mol. The number of aryl methyl sites for hydroxylation is 2. The van der Waals surface area contributed by atoms with Crippen molar-refractivity contribution >= 4 is 52.6 Å². The van der Waals surface area contributed by atoms with Crippen LogP contribution in [0.2, 0.25) is 0 Å². The molecule has 3 N–H and O–H groups in total. The van der Waals surface area contributed by atoms with Crippen LogP contribution in [-0.2, 0) is 9.59 Å². The van der Waals surface area contributed by atoms with E-state index in [0.29, 0.717) is 16.1 Å². The highest BCUT2D eigenvalue weighted by Crippen LogP contribution is 2.37. The van der Waals surface area contributed by atoms with Gasteiger partial charge in [0.15, 0.2) is 0 Å². The first-order valence-corrected chi connectivity index (χ1v) is 15.9. The molecule has 10 heteroatoms. The maximum absolute atomic E-state index is 13.7. The summed E-state index contributed by atoms with van der Waals surface area (Å²) in [5, 5.41) is 19.5. The summed E-state index contributed by atoms with van der Waals surface area (Å²) in [5.74, 6) is -1.44. The van der Waals surface area contributed by atoms with Crippen LogP contribution >= 0.6 is 11.8 Å². The lowest BCUT2D eigenvalue weighted by Gasteiger charge is -2.19. The molecule has 0 saturated carbocycles. The summed E-state index contributed by atoms with van der Waals surface area (Å²) < 4.78 is 0. The number of hydrogen-bond donors (Lipinski definition) is 3. The van der Waals surface area contributed by atoms with Gasteiger partial charge in [0.05, 0.1) is 10.5 Å². The molecule has 0 saturated heterocycles. The molecular formula is C38H32N4O5S. The number of carbonyl (C=O) groups excluding carboxylic acids is 3. The molecule has 0 fully saturated rings. The van der Waals surface area contributed by atoms with Gasteiger partial charge < -0.3 is 16.0 Å². The molecule has 9 nitrogen and oxygen atoms in total. The maximum Gasteiger partial charge on any atom is 0.276 e. The third kappa shape index (κ3) is 8.62. The number of nitro benzene ring substituents is 1. The topological polar surface area (TPSA) is 130 Å². The van der Waals surface area contributed by atoms with Crippen LogP contribution in [0.1, 0.15) is 37.9 Å². The average molecular weight is 657 g/mol. The summed E-state index contributed by atoms with van der Waals surface area (Å²) in [6, 6.07) is 36.5. The minimum absolute atomic E-state index is 0.144. The zero-order chi connectivity index (χ0) is 34.0.